The van der Waals surface area contributed by atoms with Gasteiger partial charge in [0.1, 0.15) is 0 Å². The van der Waals surface area contributed by atoms with Gasteiger partial charge in [0.25, 0.3) is 0 Å². The third-order valence-corrected chi connectivity index (χ3v) is 4.42. The van der Waals surface area contributed by atoms with E-state index < -0.39 is 0 Å². The second-order valence-corrected chi connectivity index (χ2v) is 5.60. The maximum absolute atomic E-state index is 3.80. The monoisotopic (exact) mass is 235 g/mol. The average Bonchev–Trinajstić information content (AvgIpc) is 2.38. The van der Waals surface area contributed by atoms with Gasteiger partial charge >= 0.3 is 0 Å². The predicted octanol–water partition coefficient (Wildman–Crippen LogP) is 3.62. The van der Waals surface area contributed by atoms with Gasteiger partial charge in [-0.05, 0) is 30.6 Å². The molecule has 1 N–H and O–H groups in total. The Morgan fingerprint density at radius 2 is 2.19 bits per heavy atom. The van der Waals surface area contributed by atoms with E-state index in [0.29, 0.717) is 12.1 Å². The average molecular weight is 235 g/mol. The van der Waals surface area contributed by atoms with Gasteiger partial charge in [-0.2, -0.15) is 11.8 Å². The van der Waals surface area contributed by atoms with E-state index in [1.54, 1.807) is 0 Å². The minimum Gasteiger partial charge on any atom is -0.306 e. The molecule has 0 spiro atoms. The maximum Gasteiger partial charge on any atom is 0.0320 e. The summed E-state index contributed by atoms with van der Waals surface area (Å²) in [6, 6.07) is 12.1. The van der Waals surface area contributed by atoms with Crippen molar-refractivity contribution in [3.8, 4) is 0 Å². The number of rotatable bonds is 4. The molecule has 2 unspecified atom stereocenters. The van der Waals surface area contributed by atoms with Gasteiger partial charge in [0.2, 0.25) is 0 Å². The van der Waals surface area contributed by atoms with Crippen LogP contribution in [0.3, 0.4) is 0 Å². The molecule has 1 saturated heterocycles. The van der Waals surface area contributed by atoms with Crippen molar-refractivity contribution in [2.75, 3.05) is 11.5 Å². The SMILES string of the molecule is CCC(NC1CCCSC1)c1ccccc1. The molecular weight excluding hydrogens is 214 g/mol. The van der Waals surface area contributed by atoms with Crippen molar-refractivity contribution in [1.29, 1.82) is 0 Å². The van der Waals surface area contributed by atoms with E-state index in [1.165, 1.54) is 36.3 Å². The minimum atomic E-state index is 0.532. The summed E-state index contributed by atoms with van der Waals surface area (Å²) in [4.78, 5) is 0. The van der Waals surface area contributed by atoms with Crippen molar-refractivity contribution in [3.05, 3.63) is 35.9 Å². The van der Waals surface area contributed by atoms with E-state index in [1.807, 2.05) is 0 Å². The van der Waals surface area contributed by atoms with Crippen molar-refractivity contribution in [1.82, 2.24) is 5.32 Å². The maximum atomic E-state index is 3.80. The highest BCUT2D eigenvalue weighted by molar-refractivity contribution is 7.99. The molecule has 0 aromatic heterocycles. The zero-order chi connectivity index (χ0) is 11.2. The fourth-order valence-electron chi connectivity index (χ4n) is 2.29. The van der Waals surface area contributed by atoms with Gasteiger partial charge in [0.05, 0.1) is 0 Å². The highest BCUT2D eigenvalue weighted by Crippen LogP contribution is 2.22. The van der Waals surface area contributed by atoms with E-state index in [-0.39, 0.29) is 0 Å². The van der Waals surface area contributed by atoms with Gasteiger partial charge in [-0.1, -0.05) is 37.3 Å². The quantitative estimate of drug-likeness (QED) is 0.855. The first-order valence-electron chi connectivity index (χ1n) is 6.29. The minimum absolute atomic E-state index is 0.532. The van der Waals surface area contributed by atoms with Crippen molar-refractivity contribution in [2.24, 2.45) is 0 Å². The lowest BCUT2D eigenvalue weighted by molar-refractivity contribution is 0.425. The first-order valence-corrected chi connectivity index (χ1v) is 7.44. The Kier molecular flexibility index (Phi) is 4.73. The summed E-state index contributed by atoms with van der Waals surface area (Å²) in [6.07, 6.45) is 3.88. The van der Waals surface area contributed by atoms with Crippen molar-refractivity contribution >= 4 is 11.8 Å². The molecule has 0 saturated carbocycles. The number of nitrogens with one attached hydrogen (secondary N) is 1. The van der Waals surface area contributed by atoms with Gasteiger partial charge in [-0.25, -0.2) is 0 Å². The second-order valence-electron chi connectivity index (χ2n) is 4.45. The molecule has 1 aliphatic heterocycles. The Morgan fingerprint density at radius 1 is 1.38 bits per heavy atom. The van der Waals surface area contributed by atoms with Gasteiger partial charge in [-0.3, -0.25) is 0 Å². The lowest BCUT2D eigenvalue weighted by atomic mass is 10.0. The standard InChI is InChI=1S/C14H21NS/c1-2-14(12-7-4-3-5-8-12)15-13-9-6-10-16-11-13/h3-5,7-8,13-15H,2,6,9-11H2,1H3. The van der Waals surface area contributed by atoms with Gasteiger partial charge in [0.15, 0.2) is 0 Å². The summed E-state index contributed by atoms with van der Waals surface area (Å²) in [5.74, 6) is 2.63. The van der Waals surface area contributed by atoms with E-state index in [9.17, 15) is 0 Å². The Balaban J connectivity index is 1.94. The van der Waals surface area contributed by atoms with Crippen LogP contribution >= 0.6 is 11.8 Å². The molecule has 2 rings (SSSR count). The topological polar surface area (TPSA) is 12.0 Å². The number of hydrogen-bond donors (Lipinski definition) is 1. The smallest absolute Gasteiger partial charge is 0.0320 e. The van der Waals surface area contributed by atoms with Crippen LogP contribution in [-0.2, 0) is 0 Å². The molecule has 0 bridgehead atoms. The fourth-order valence-corrected chi connectivity index (χ4v) is 3.38. The van der Waals surface area contributed by atoms with Crippen LogP contribution in [0.2, 0.25) is 0 Å². The summed E-state index contributed by atoms with van der Waals surface area (Å²) in [7, 11) is 0. The van der Waals surface area contributed by atoms with Crippen LogP contribution < -0.4 is 5.32 Å². The molecule has 0 amide bonds. The molecule has 0 aliphatic carbocycles. The third kappa shape index (κ3) is 3.26. The molecule has 2 atom stereocenters. The number of benzene rings is 1. The Labute approximate surface area is 103 Å². The van der Waals surface area contributed by atoms with Gasteiger partial charge in [0, 0.05) is 17.8 Å². The summed E-state index contributed by atoms with van der Waals surface area (Å²) >= 11 is 2.09. The van der Waals surface area contributed by atoms with Crippen molar-refractivity contribution < 1.29 is 0 Å². The summed E-state index contributed by atoms with van der Waals surface area (Å²) in [5.41, 5.74) is 1.43. The fraction of sp³-hybridized carbons (Fsp3) is 0.571. The Hall–Kier alpha value is -0.470. The molecule has 88 valence electrons. The first-order chi connectivity index (χ1) is 7.90. The van der Waals surface area contributed by atoms with E-state index in [0.717, 1.165) is 0 Å². The van der Waals surface area contributed by atoms with Crippen LogP contribution in [0.4, 0.5) is 0 Å². The van der Waals surface area contributed by atoms with Gasteiger partial charge in [-0.15, -0.1) is 0 Å². The molecule has 2 heteroatoms. The zero-order valence-electron chi connectivity index (χ0n) is 9.99. The zero-order valence-corrected chi connectivity index (χ0v) is 10.8. The van der Waals surface area contributed by atoms with Crippen LogP contribution in [0.5, 0.6) is 0 Å². The summed E-state index contributed by atoms with van der Waals surface area (Å²) < 4.78 is 0. The number of hydrogen-bond acceptors (Lipinski definition) is 2. The van der Waals surface area contributed by atoms with Crippen LogP contribution in [0, 0.1) is 0 Å². The van der Waals surface area contributed by atoms with E-state index in [2.05, 4.69) is 54.3 Å². The van der Waals surface area contributed by atoms with Gasteiger partial charge < -0.3 is 5.32 Å². The van der Waals surface area contributed by atoms with Crippen LogP contribution in [0.1, 0.15) is 37.8 Å². The lowest BCUT2D eigenvalue weighted by Gasteiger charge is -2.28. The molecular formula is C14H21NS. The normalized spacial score (nSPS) is 22.9. The predicted molar refractivity (Wildman–Crippen MR) is 73.0 cm³/mol. The summed E-state index contributed by atoms with van der Waals surface area (Å²) in [6.45, 7) is 2.26. The van der Waals surface area contributed by atoms with E-state index in [4.69, 9.17) is 0 Å². The Morgan fingerprint density at radius 3 is 2.81 bits per heavy atom. The van der Waals surface area contributed by atoms with Crippen molar-refractivity contribution in [3.63, 3.8) is 0 Å². The molecule has 0 radical (unpaired) electrons. The van der Waals surface area contributed by atoms with Crippen LogP contribution in [0.25, 0.3) is 0 Å². The van der Waals surface area contributed by atoms with Crippen LogP contribution in [0.15, 0.2) is 30.3 Å². The molecule has 1 nitrogen and oxygen atoms in total. The molecule has 1 heterocycles. The van der Waals surface area contributed by atoms with Crippen LogP contribution in [-0.4, -0.2) is 17.5 Å². The second kappa shape index (κ2) is 6.31. The van der Waals surface area contributed by atoms with E-state index >= 15 is 0 Å². The largest absolute Gasteiger partial charge is 0.306 e. The highest BCUT2D eigenvalue weighted by Gasteiger charge is 2.17. The molecule has 1 aliphatic rings. The summed E-state index contributed by atoms with van der Waals surface area (Å²) in [5, 5.41) is 3.80. The first kappa shape index (κ1) is 12.0. The van der Waals surface area contributed by atoms with Crippen molar-refractivity contribution in [2.45, 2.75) is 38.3 Å². The number of thioether (sulfide) groups is 1. The Bertz CT molecular complexity index is 293. The third-order valence-electron chi connectivity index (χ3n) is 3.21. The molecule has 16 heavy (non-hydrogen) atoms. The molecule has 1 aromatic carbocycles. The molecule has 1 fully saturated rings. The highest BCUT2D eigenvalue weighted by atomic mass is 32.2. The lowest BCUT2D eigenvalue weighted by Crippen LogP contribution is -2.36. The molecule has 1 aromatic rings.